The number of halogens is 4. The number of aromatic nitrogens is 1. The molecule has 9 heteroatoms. The number of hydrogen-bond acceptors (Lipinski definition) is 5. The second kappa shape index (κ2) is 9.85. The molecule has 3 rings (SSSR count). The molecule has 1 N–H and O–H groups in total. The molecule has 0 saturated carbocycles. The fourth-order valence-corrected chi connectivity index (χ4v) is 3.72. The van der Waals surface area contributed by atoms with Crippen LogP contribution in [0.15, 0.2) is 36.5 Å². The minimum Gasteiger partial charge on any atom is -0.491 e. The minimum atomic E-state index is -4.47. The Morgan fingerprint density at radius 1 is 1.20 bits per heavy atom. The zero-order valence-electron chi connectivity index (χ0n) is 16.7. The first-order chi connectivity index (χ1) is 14.2. The largest absolute Gasteiger partial charge is 0.491 e. The molecular weight excluding hydrogens is 419 g/mol. The highest BCUT2D eigenvalue weighted by molar-refractivity contribution is 6.33. The molecule has 1 unspecified atom stereocenters. The number of hydrogen-bond donors (Lipinski definition) is 1. The van der Waals surface area contributed by atoms with E-state index in [-0.39, 0.29) is 11.6 Å². The summed E-state index contributed by atoms with van der Waals surface area (Å²) in [5.74, 6) is 1.11. The van der Waals surface area contributed by atoms with Crippen molar-refractivity contribution in [1.29, 1.82) is 0 Å². The van der Waals surface area contributed by atoms with Gasteiger partial charge in [-0.15, -0.1) is 0 Å². The van der Waals surface area contributed by atoms with Crippen molar-refractivity contribution < 1.29 is 23.0 Å². The predicted octanol–water partition coefficient (Wildman–Crippen LogP) is 4.01. The highest BCUT2D eigenvalue weighted by Gasteiger charge is 2.32. The molecule has 0 radical (unpaired) electrons. The molecule has 1 aliphatic rings. The first kappa shape index (κ1) is 22.7. The van der Waals surface area contributed by atoms with Crippen molar-refractivity contribution in [3.63, 3.8) is 0 Å². The molecule has 0 bridgehead atoms. The average molecular weight is 444 g/mol. The Morgan fingerprint density at radius 2 is 1.97 bits per heavy atom. The number of aliphatic hydroxyl groups is 1. The van der Waals surface area contributed by atoms with Gasteiger partial charge in [0, 0.05) is 32.4 Å². The molecule has 1 aromatic carbocycles. The maximum Gasteiger partial charge on any atom is 0.417 e. The standard InChI is InChI=1S/C21H25ClF3N3O2/c1-15-5-2-3-6-19(15)30-14-17(29)13-27-7-4-8-28(10-9-27)20-18(22)11-16(12-26-20)21(23,24)25/h2-3,5-6,11-12,17,29H,4,7-10,13-14H2,1H3. The molecule has 1 aromatic heterocycles. The van der Waals surface area contributed by atoms with Crippen LogP contribution in [-0.2, 0) is 6.18 Å². The van der Waals surface area contributed by atoms with Gasteiger partial charge in [0.1, 0.15) is 24.3 Å². The van der Waals surface area contributed by atoms with Crippen LogP contribution in [0.1, 0.15) is 17.5 Å². The van der Waals surface area contributed by atoms with Crippen molar-refractivity contribution in [2.75, 3.05) is 44.2 Å². The van der Waals surface area contributed by atoms with E-state index in [9.17, 15) is 18.3 Å². The van der Waals surface area contributed by atoms with E-state index >= 15 is 0 Å². The van der Waals surface area contributed by atoms with Crippen molar-refractivity contribution in [1.82, 2.24) is 9.88 Å². The summed E-state index contributed by atoms with van der Waals surface area (Å²) in [6.45, 7) is 5.18. The lowest BCUT2D eigenvalue weighted by Crippen LogP contribution is -2.38. The van der Waals surface area contributed by atoms with Gasteiger partial charge in [-0.2, -0.15) is 13.2 Å². The second-order valence-corrected chi connectivity index (χ2v) is 7.81. The fourth-order valence-electron chi connectivity index (χ4n) is 3.44. The highest BCUT2D eigenvalue weighted by atomic mass is 35.5. The van der Waals surface area contributed by atoms with Crippen molar-refractivity contribution >= 4 is 17.4 Å². The van der Waals surface area contributed by atoms with Crippen molar-refractivity contribution in [2.24, 2.45) is 0 Å². The maximum atomic E-state index is 12.8. The third kappa shape index (κ3) is 6.00. The van der Waals surface area contributed by atoms with Gasteiger partial charge < -0.3 is 14.7 Å². The zero-order chi connectivity index (χ0) is 21.7. The molecule has 2 heterocycles. The van der Waals surface area contributed by atoms with Crippen LogP contribution in [0.25, 0.3) is 0 Å². The SMILES string of the molecule is Cc1ccccc1OCC(O)CN1CCCN(c2ncc(C(F)(F)F)cc2Cl)CC1. The number of β-amino-alcohol motifs (C(OH)–C–C–N with tert-alkyl or cyclic N) is 1. The molecule has 5 nitrogen and oxygen atoms in total. The van der Waals surface area contributed by atoms with E-state index in [0.717, 1.165) is 36.5 Å². The van der Waals surface area contributed by atoms with E-state index < -0.39 is 17.8 Å². The summed E-state index contributed by atoms with van der Waals surface area (Å²) in [4.78, 5) is 7.96. The van der Waals surface area contributed by atoms with Gasteiger partial charge in [0.25, 0.3) is 0 Å². The third-order valence-electron chi connectivity index (χ3n) is 5.03. The van der Waals surface area contributed by atoms with Gasteiger partial charge in [-0.1, -0.05) is 29.8 Å². The van der Waals surface area contributed by atoms with E-state index in [1.54, 1.807) is 0 Å². The van der Waals surface area contributed by atoms with Gasteiger partial charge in [0.2, 0.25) is 0 Å². The van der Waals surface area contributed by atoms with Gasteiger partial charge in [-0.05, 0) is 37.6 Å². The summed E-state index contributed by atoms with van der Waals surface area (Å²) in [7, 11) is 0. The number of aryl methyl sites for hydroxylation is 1. The van der Waals surface area contributed by atoms with Crippen LogP contribution in [0.4, 0.5) is 19.0 Å². The van der Waals surface area contributed by atoms with E-state index in [4.69, 9.17) is 16.3 Å². The Bertz CT molecular complexity index is 850. The third-order valence-corrected chi connectivity index (χ3v) is 5.31. The summed E-state index contributed by atoms with van der Waals surface area (Å²) >= 11 is 6.08. The normalized spacial score (nSPS) is 16.9. The lowest BCUT2D eigenvalue weighted by Gasteiger charge is -2.25. The van der Waals surface area contributed by atoms with Crippen LogP contribution >= 0.6 is 11.6 Å². The van der Waals surface area contributed by atoms with E-state index in [0.29, 0.717) is 32.0 Å². The van der Waals surface area contributed by atoms with Crippen LogP contribution in [0.3, 0.4) is 0 Å². The van der Waals surface area contributed by atoms with Crippen molar-refractivity contribution in [2.45, 2.75) is 25.6 Å². The predicted molar refractivity (Wildman–Crippen MR) is 110 cm³/mol. The average Bonchev–Trinajstić information content (AvgIpc) is 2.92. The summed E-state index contributed by atoms with van der Waals surface area (Å²) in [6.07, 6.45) is -3.52. The summed E-state index contributed by atoms with van der Waals surface area (Å²) < 4.78 is 44.2. The molecule has 2 aromatic rings. The van der Waals surface area contributed by atoms with Crippen molar-refractivity contribution in [3.8, 4) is 5.75 Å². The first-order valence-corrected chi connectivity index (χ1v) is 10.2. The number of para-hydroxylation sites is 1. The highest BCUT2D eigenvalue weighted by Crippen LogP contribution is 2.33. The van der Waals surface area contributed by atoms with Crippen LogP contribution < -0.4 is 9.64 Å². The number of pyridine rings is 1. The van der Waals surface area contributed by atoms with Crippen LogP contribution in [0.2, 0.25) is 5.02 Å². The summed E-state index contributed by atoms with van der Waals surface area (Å²) in [6, 6.07) is 8.55. The monoisotopic (exact) mass is 443 g/mol. The Morgan fingerprint density at radius 3 is 2.67 bits per heavy atom. The van der Waals surface area contributed by atoms with Crippen LogP contribution in [0.5, 0.6) is 5.75 Å². The molecule has 1 atom stereocenters. The number of benzene rings is 1. The minimum absolute atomic E-state index is 0.00931. The summed E-state index contributed by atoms with van der Waals surface area (Å²) in [5.41, 5.74) is 0.153. The number of nitrogens with zero attached hydrogens (tertiary/aromatic N) is 3. The number of anilines is 1. The van der Waals surface area contributed by atoms with E-state index in [1.165, 1.54) is 0 Å². The van der Waals surface area contributed by atoms with Gasteiger partial charge in [0.05, 0.1) is 10.6 Å². The Hall–Kier alpha value is -2.03. The summed E-state index contributed by atoms with van der Waals surface area (Å²) in [5, 5.41) is 10.3. The molecule has 164 valence electrons. The Balaban J connectivity index is 1.53. The van der Waals surface area contributed by atoms with Gasteiger partial charge in [-0.25, -0.2) is 4.98 Å². The molecule has 0 aliphatic carbocycles. The lowest BCUT2D eigenvalue weighted by molar-refractivity contribution is -0.137. The number of alkyl halides is 3. The molecule has 1 aliphatic heterocycles. The number of aliphatic hydroxyl groups excluding tert-OH is 1. The number of ether oxygens (including phenoxy) is 1. The van der Waals surface area contributed by atoms with Crippen molar-refractivity contribution in [3.05, 3.63) is 52.7 Å². The van der Waals surface area contributed by atoms with Crippen LogP contribution in [0, 0.1) is 6.92 Å². The Kier molecular flexibility index (Phi) is 7.44. The molecule has 1 fully saturated rings. The maximum absolute atomic E-state index is 12.8. The quantitative estimate of drug-likeness (QED) is 0.731. The molecule has 30 heavy (non-hydrogen) atoms. The Labute approximate surface area is 179 Å². The second-order valence-electron chi connectivity index (χ2n) is 7.40. The molecule has 1 saturated heterocycles. The van der Waals surface area contributed by atoms with Crippen LogP contribution in [-0.4, -0.2) is 60.4 Å². The van der Waals surface area contributed by atoms with Gasteiger partial charge in [-0.3, -0.25) is 4.90 Å². The zero-order valence-corrected chi connectivity index (χ0v) is 17.5. The number of rotatable bonds is 6. The van der Waals surface area contributed by atoms with Gasteiger partial charge in [0.15, 0.2) is 0 Å². The van der Waals surface area contributed by atoms with Gasteiger partial charge >= 0.3 is 6.18 Å². The first-order valence-electron chi connectivity index (χ1n) is 9.80. The fraction of sp³-hybridized carbons (Fsp3) is 0.476. The molecular formula is C21H25ClF3N3O2. The van der Waals surface area contributed by atoms with E-state index in [1.807, 2.05) is 36.1 Å². The molecule has 0 amide bonds. The lowest BCUT2D eigenvalue weighted by atomic mass is 10.2. The smallest absolute Gasteiger partial charge is 0.417 e. The topological polar surface area (TPSA) is 48.8 Å². The van der Waals surface area contributed by atoms with E-state index in [2.05, 4.69) is 9.88 Å². The molecule has 0 spiro atoms.